The van der Waals surface area contributed by atoms with Gasteiger partial charge in [0.2, 0.25) is 0 Å². The zero-order chi connectivity index (χ0) is 41.0. The van der Waals surface area contributed by atoms with Crippen LogP contribution in [0.5, 0.6) is 5.75 Å². The number of para-hydroxylation sites is 4. The summed E-state index contributed by atoms with van der Waals surface area (Å²) in [6, 6.07) is 84.8. The predicted octanol–water partition coefficient (Wildman–Crippen LogP) is 15.2. The molecule has 3 heteroatoms. The van der Waals surface area contributed by atoms with E-state index in [9.17, 15) is 0 Å². The van der Waals surface area contributed by atoms with Gasteiger partial charge in [0.25, 0.3) is 0 Å². The Labute approximate surface area is 358 Å². The minimum atomic E-state index is -0.685. The second-order valence-electron chi connectivity index (χ2n) is 15.3. The van der Waals surface area contributed by atoms with Crippen molar-refractivity contribution in [2.24, 2.45) is 0 Å². The third kappa shape index (κ3) is 6.96. The fourth-order valence-electron chi connectivity index (χ4n) is 8.98. The highest BCUT2D eigenvalue weighted by Crippen LogP contribution is 2.58. The lowest BCUT2D eigenvalue weighted by atomic mass is 9.67. The Bertz CT molecular complexity index is 2680. The smallest absolute Gasteiger partial charge is 0.119 e. The summed E-state index contributed by atoms with van der Waals surface area (Å²) in [5.41, 5.74) is 15.3. The Kier molecular flexibility index (Phi) is 10.1. The molecule has 0 aromatic heterocycles. The highest BCUT2D eigenvalue weighted by Gasteiger charge is 2.47. The van der Waals surface area contributed by atoms with E-state index < -0.39 is 5.41 Å². The summed E-state index contributed by atoms with van der Waals surface area (Å²) in [6.45, 7) is 4.37. The summed E-state index contributed by atoms with van der Waals surface area (Å²) < 4.78 is 6.42. The van der Waals surface area contributed by atoms with Crippen LogP contribution in [0.2, 0.25) is 0 Å². The van der Waals surface area contributed by atoms with Gasteiger partial charge >= 0.3 is 0 Å². The van der Waals surface area contributed by atoms with Gasteiger partial charge in [-0.05, 0) is 129 Å². The normalized spacial score (nSPS) is 12.2. The summed E-state index contributed by atoms with van der Waals surface area (Å²) in [6.07, 6.45) is 1.86. The summed E-state index contributed by atoms with van der Waals surface area (Å²) >= 11 is 0. The van der Waals surface area contributed by atoms with Crippen LogP contribution in [0.4, 0.5) is 34.1 Å². The molecule has 0 saturated carbocycles. The zero-order valence-electron chi connectivity index (χ0n) is 33.8. The third-order valence-corrected chi connectivity index (χ3v) is 11.8. The van der Waals surface area contributed by atoms with Crippen molar-refractivity contribution < 1.29 is 4.74 Å². The van der Waals surface area contributed by atoms with Gasteiger partial charge in [0, 0.05) is 34.1 Å². The number of anilines is 6. The highest BCUT2D eigenvalue weighted by atomic mass is 16.5. The molecular weight excluding hydrogens is 741 g/mol. The molecule has 10 rings (SSSR count). The van der Waals surface area contributed by atoms with Gasteiger partial charge in [0.15, 0.2) is 0 Å². The average molecular weight is 785 g/mol. The van der Waals surface area contributed by atoms with Crippen LogP contribution in [0.25, 0.3) is 17.2 Å². The lowest BCUT2D eigenvalue weighted by Gasteiger charge is -2.35. The molecule has 0 radical (unpaired) electrons. The molecule has 61 heavy (non-hydrogen) atoms. The van der Waals surface area contributed by atoms with Crippen LogP contribution in [0.3, 0.4) is 0 Å². The molecule has 9 aromatic rings. The molecule has 1 aliphatic rings. The van der Waals surface area contributed by atoms with Crippen LogP contribution >= 0.6 is 0 Å². The first kappa shape index (κ1) is 37.4. The fraction of sp³-hybridized carbons (Fsp3) is 0.0345. The van der Waals surface area contributed by atoms with Gasteiger partial charge in [-0.3, -0.25) is 0 Å². The van der Waals surface area contributed by atoms with Crippen molar-refractivity contribution in [3.8, 4) is 16.9 Å². The lowest BCUT2D eigenvalue weighted by molar-refractivity contribution is 0.306. The van der Waals surface area contributed by atoms with Crippen molar-refractivity contribution in [3.63, 3.8) is 0 Å². The average Bonchev–Trinajstić information content (AvgIpc) is 3.63. The molecule has 0 atom stereocenters. The summed E-state index contributed by atoms with van der Waals surface area (Å²) in [7, 11) is 0. The van der Waals surface area contributed by atoms with E-state index in [0.29, 0.717) is 6.61 Å². The minimum absolute atomic E-state index is 0.475. The maximum absolute atomic E-state index is 6.42. The molecule has 0 bridgehead atoms. The number of fused-ring (bicyclic) bond motifs is 3. The number of hydrogen-bond acceptors (Lipinski definition) is 3. The van der Waals surface area contributed by atoms with E-state index in [1.807, 2.05) is 6.08 Å². The van der Waals surface area contributed by atoms with Gasteiger partial charge < -0.3 is 14.5 Å². The fourth-order valence-corrected chi connectivity index (χ4v) is 8.98. The first-order valence-electron chi connectivity index (χ1n) is 20.8. The molecule has 3 nitrogen and oxygen atoms in total. The van der Waals surface area contributed by atoms with Gasteiger partial charge in [0.1, 0.15) is 12.4 Å². The van der Waals surface area contributed by atoms with Crippen LogP contribution in [0.15, 0.2) is 243 Å². The number of nitrogens with zero attached hydrogens (tertiary/aromatic N) is 2. The van der Waals surface area contributed by atoms with Crippen LogP contribution in [-0.2, 0) is 12.0 Å². The van der Waals surface area contributed by atoms with Crippen LogP contribution < -0.4 is 14.5 Å². The maximum atomic E-state index is 6.42. The van der Waals surface area contributed by atoms with Crippen molar-refractivity contribution in [1.82, 2.24) is 0 Å². The second-order valence-corrected chi connectivity index (χ2v) is 15.3. The number of hydrogen-bond donors (Lipinski definition) is 0. The zero-order valence-corrected chi connectivity index (χ0v) is 33.8. The molecule has 292 valence electrons. The van der Waals surface area contributed by atoms with E-state index >= 15 is 0 Å². The SMILES string of the molecule is C=Cc1ccc(COc2ccc(C3(c4ccccc4)c4cc(N(c5ccccc5)c5ccccc5)ccc4-c4ccc(N(c5ccccc5)c5ccccc5)cc43)cc2)cc1. The van der Waals surface area contributed by atoms with Crippen molar-refractivity contribution in [2.75, 3.05) is 9.80 Å². The molecule has 0 spiro atoms. The molecule has 0 amide bonds. The van der Waals surface area contributed by atoms with Gasteiger partial charge in [-0.2, -0.15) is 0 Å². The molecule has 0 fully saturated rings. The number of benzene rings is 9. The molecule has 0 saturated heterocycles. The molecule has 9 aromatic carbocycles. The second kappa shape index (κ2) is 16.4. The van der Waals surface area contributed by atoms with Crippen LogP contribution in [0.1, 0.15) is 33.4 Å². The van der Waals surface area contributed by atoms with E-state index in [-0.39, 0.29) is 0 Å². The summed E-state index contributed by atoms with van der Waals surface area (Å²) in [5, 5.41) is 0. The third-order valence-electron chi connectivity index (χ3n) is 11.8. The van der Waals surface area contributed by atoms with Gasteiger partial charge in [0.05, 0.1) is 5.41 Å². The topological polar surface area (TPSA) is 15.7 Å². The van der Waals surface area contributed by atoms with E-state index in [2.05, 4.69) is 253 Å². The highest BCUT2D eigenvalue weighted by molar-refractivity contribution is 5.92. The number of ether oxygens (including phenoxy) is 1. The Hall–Kier alpha value is -7.88. The van der Waals surface area contributed by atoms with Crippen molar-refractivity contribution >= 4 is 40.2 Å². The Morgan fingerprint density at radius 3 is 1.20 bits per heavy atom. The number of rotatable bonds is 12. The van der Waals surface area contributed by atoms with Gasteiger partial charge in [-0.15, -0.1) is 0 Å². The van der Waals surface area contributed by atoms with Gasteiger partial charge in [-0.1, -0.05) is 164 Å². The molecule has 0 heterocycles. The van der Waals surface area contributed by atoms with Crippen molar-refractivity contribution in [1.29, 1.82) is 0 Å². The lowest BCUT2D eigenvalue weighted by Crippen LogP contribution is -2.29. The van der Waals surface area contributed by atoms with Crippen LogP contribution in [-0.4, -0.2) is 0 Å². The first-order valence-corrected chi connectivity index (χ1v) is 20.8. The Morgan fingerprint density at radius 1 is 0.393 bits per heavy atom. The monoisotopic (exact) mass is 784 g/mol. The standard InChI is InChI=1S/C58H44N2O/c1-2-43-28-30-44(31-29-43)42-61-53-36-32-46(33-37-53)58(45-18-8-3-9-19-45)56-40-51(59(47-20-10-4-11-21-47)48-22-12-5-13-23-48)34-38-54(56)55-39-35-52(41-57(55)58)60(49-24-14-6-15-25-49)50-26-16-7-17-27-50/h2-41H,1,42H2. The molecule has 0 aliphatic heterocycles. The Balaban J connectivity index is 1.19. The van der Waals surface area contributed by atoms with Crippen molar-refractivity contribution in [3.05, 3.63) is 277 Å². The molecule has 0 unspecified atom stereocenters. The predicted molar refractivity (Wildman–Crippen MR) is 254 cm³/mol. The van der Waals surface area contributed by atoms with Crippen molar-refractivity contribution in [2.45, 2.75) is 12.0 Å². The molecular formula is C58H44N2O. The summed E-state index contributed by atoms with van der Waals surface area (Å²) in [5.74, 6) is 0.819. The Morgan fingerprint density at radius 2 is 0.787 bits per heavy atom. The largest absolute Gasteiger partial charge is 0.489 e. The summed E-state index contributed by atoms with van der Waals surface area (Å²) in [4.78, 5) is 4.71. The minimum Gasteiger partial charge on any atom is -0.489 e. The molecule has 1 aliphatic carbocycles. The van der Waals surface area contributed by atoms with E-state index in [4.69, 9.17) is 4.74 Å². The maximum Gasteiger partial charge on any atom is 0.119 e. The first-order chi connectivity index (χ1) is 30.2. The van der Waals surface area contributed by atoms with E-state index in [1.165, 1.54) is 27.8 Å². The quantitative estimate of drug-likeness (QED) is 0.123. The van der Waals surface area contributed by atoms with E-state index in [1.54, 1.807) is 0 Å². The van der Waals surface area contributed by atoms with Crippen LogP contribution in [0, 0.1) is 0 Å². The molecule has 0 N–H and O–H groups in total. The van der Waals surface area contributed by atoms with E-state index in [0.717, 1.165) is 56.6 Å². The van der Waals surface area contributed by atoms with Gasteiger partial charge in [-0.25, -0.2) is 0 Å².